The average Bonchev–Trinajstić information content (AvgIpc) is 3.14. The van der Waals surface area contributed by atoms with Crippen molar-refractivity contribution in [2.75, 3.05) is 0 Å². The maximum atomic E-state index is 12.4. The van der Waals surface area contributed by atoms with E-state index in [9.17, 15) is 18.0 Å². The van der Waals surface area contributed by atoms with Crippen LogP contribution in [0.1, 0.15) is 0 Å². The molecule has 2 aromatic carbocycles. The second kappa shape index (κ2) is 5.65. The van der Waals surface area contributed by atoms with E-state index in [2.05, 4.69) is 9.97 Å². The molecule has 0 atom stereocenters. The molecule has 8 heteroatoms. The van der Waals surface area contributed by atoms with E-state index >= 15 is 0 Å². The minimum Gasteiger partial charge on any atom is -0.282 e. The van der Waals surface area contributed by atoms with Crippen LogP contribution in [-0.2, 0) is 10.1 Å². The molecule has 26 heavy (non-hydrogen) atoms. The molecule has 0 radical (unpaired) electrons. The molecule has 7 nitrogen and oxygen atoms in total. The van der Waals surface area contributed by atoms with E-state index < -0.39 is 21.2 Å². The summed E-state index contributed by atoms with van der Waals surface area (Å²) in [5, 5.41) is 0.253. The van der Waals surface area contributed by atoms with Crippen molar-refractivity contribution < 1.29 is 13.0 Å². The second-order valence-corrected chi connectivity index (χ2v) is 7.07. The second-order valence-electron chi connectivity index (χ2n) is 5.65. The van der Waals surface area contributed by atoms with Gasteiger partial charge in [-0.2, -0.15) is 8.42 Å². The minimum atomic E-state index is -4.34. The first kappa shape index (κ1) is 16.2. The Balaban J connectivity index is 1.98. The highest BCUT2D eigenvalue weighted by Crippen LogP contribution is 2.23. The molecule has 2 aliphatic heterocycles. The van der Waals surface area contributed by atoms with Crippen LogP contribution in [0.2, 0.25) is 0 Å². The predicted molar refractivity (Wildman–Crippen MR) is 92.9 cm³/mol. The first-order valence-electron chi connectivity index (χ1n) is 7.50. The zero-order valence-electron chi connectivity index (χ0n) is 13.1. The van der Waals surface area contributed by atoms with Gasteiger partial charge in [-0.25, -0.2) is 9.97 Å². The Kier molecular flexibility index (Phi) is 3.53. The standard InChI is InChI=1S/C18H10N2O5S/c21-17-13-14(18(22)19-15(13)10-4-2-1-3-5-10)16(20-17)11-6-8-12(9-7-11)26(23,24)25/h1-9H,(H,23,24,25). The average molecular weight is 366 g/mol. The molecule has 0 fully saturated rings. The van der Waals surface area contributed by atoms with Crippen molar-refractivity contribution in [3.63, 3.8) is 0 Å². The Labute approximate surface area is 146 Å². The van der Waals surface area contributed by atoms with Crippen molar-refractivity contribution in [2.45, 2.75) is 4.90 Å². The summed E-state index contributed by atoms with van der Waals surface area (Å²) in [4.78, 5) is 32.4. The third kappa shape index (κ3) is 2.52. The summed E-state index contributed by atoms with van der Waals surface area (Å²) in [6.07, 6.45) is 0. The molecule has 0 spiro atoms. The highest BCUT2D eigenvalue weighted by Gasteiger charge is 2.19. The molecule has 1 N–H and O–H groups in total. The van der Waals surface area contributed by atoms with Crippen LogP contribution in [0.4, 0.5) is 0 Å². The molecule has 0 bridgehead atoms. The smallest absolute Gasteiger partial charge is 0.282 e. The zero-order valence-corrected chi connectivity index (χ0v) is 13.9. The molecular weight excluding hydrogens is 356 g/mol. The van der Waals surface area contributed by atoms with Crippen molar-refractivity contribution in [3.05, 3.63) is 85.7 Å². The van der Waals surface area contributed by atoms with Gasteiger partial charge in [0.15, 0.2) is 0 Å². The molecule has 0 aliphatic carbocycles. The maximum absolute atomic E-state index is 12.4. The summed E-state index contributed by atoms with van der Waals surface area (Å²) in [6, 6.07) is 13.9. The lowest BCUT2D eigenvalue weighted by molar-refractivity contribution is 0.483. The number of nitrogens with zero attached hydrogens (tertiary/aromatic N) is 2. The number of rotatable bonds is 3. The van der Waals surface area contributed by atoms with E-state index in [0.29, 0.717) is 11.1 Å². The molecule has 128 valence electrons. The van der Waals surface area contributed by atoms with Crippen molar-refractivity contribution in [1.82, 2.24) is 9.97 Å². The normalized spacial score (nSPS) is 11.9. The first-order chi connectivity index (χ1) is 12.4. The predicted octanol–water partition coefficient (Wildman–Crippen LogP) is 1.38. The largest absolute Gasteiger partial charge is 0.294 e. The summed E-state index contributed by atoms with van der Waals surface area (Å²) in [6.45, 7) is 0. The van der Waals surface area contributed by atoms with Crippen LogP contribution in [-0.4, -0.2) is 22.9 Å². The molecule has 0 unspecified atom stereocenters. The quantitative estimate of drug-likeness (QED) is 0.545. The van der Waals surface area contributed by atoms with E-state index in [-0.39, 0.29) is 26.7 Å². The third-order valence-electron chi connectivity index (χ3n) is 4.05. The van der Waals surface area contributed by atoms with Crippen LogP contribution < -0.4 is 11.1 Å². The lowest BCUT2D eigenvalue weighted by Crippen LogP contribution is -2.04. The van der Waals surface area contributed by atoms with Crippen LogP contribution in [0.3, 0.4) is 0 Å². The third-order valence-corrected chi connectivity index (χ3v) is 4.92. The summed E-state index contributed by atoms with van der Waals surface area (Å²) < 4.78 is 31.3. The fourth-order valence-electron chi connectivity index (χ4n) is 2.88. The molecular formula is C18H10N2O5S. The fourth-order valence-corrected chi connectivity index (χ4v) is 3.36. The van der Waals surface area contributed by atoms with Crippen molar-refractivity contribution in [3.8, 4) is 22.5 Å². The van der Waals surface area contributed by atoms with Gasteiger partial charge in [-0.1, -0.05) is 42.5 Å². The lowest BCUT2D eigenvalue weighted by atomic mass is 10.1. The molecule has 0 saturated carbocycles. The molecule has 0 aromatic heterocycles. The fraction of sp³-hybridized carbons (Fsp3) is 0. The van der Waals surface area contributed by atoms with Gasteiger partial charge in [0.1, 0.15) is 0 Å². The van der Waals surface area contributed by atoms with Crippen molar-refractivity contribution >= 4 is 10.1 Å². The molecule has 2 aliphatic rings. The van der Waals surface area contributed by atoms with Gasteiger partial charge >= 0.3 is 0 Å². The number of hydrogen-bond donors (Lipinski definition) is 1. The molecule has 4 rings (SSSR count). The summed E-state index contributed by atoms with van der Waals surface area (Å²) in [7, 11) is -4.34. The lowest BCUT2D eigenvalue weighted by Gasteiger charge is -1.99. The topological polar surface area (TPSA) is 114 Å². The Bertz CT molecular complexity index is 1370. The SMILES string of the molecule is O=c1nc(-c2ccc(S(=O)(=O)O)cc2)c2c(=O)nc(-c3ccccc3)c1=2. The van der Waals surface area contributed by atoms with Gasteiger partial charge in [0.05, 0.1) is 26.7 Å². The van der Waals surface area contributed by atoms with Gasteiger partial charge in [-0.15, -0.1) is 0 Å². The molecule has 0 saturated heterocycles. The van der Waals surface area contributed by atoms with E-state index in [1.54, 1.807) is 24.3 Å². The van der Waals surface area contributed by atoms with Crippen LogP contribution in [0, 0.1) is 10.4 Å². The van der Waals surface area contributed by atoms with E-state index in [0.717, 1.165) is 0 Å². The molecule has 2 aromatic rings. The van der Waals surface area contributed by atoms with Crippen LogP contribution >= 0.6 is 0 Å². The monoisotopic (exact) mass is 366 g/mol. The van der Waals surface area contributed by atoms with Gasteiger partial charge in [0.2, 0.25) is 0 Å². The van der Waals surface area contributed by atoms with Crippen LogP contribution in [0.25, 0.3) is 22.5 Å². The minimum absolute atomic E-state index is 0.105. The number of aromatic nitrogens is 2. The first-order valence-corrected chi connectivity index (χ1v) is 8.94. The van der Waals surface area contributed by atoms with Crippen molar-refractivity contribution in [1.29, 1.82) is 0 Å². The van der Waals surface area contributed by atoms with Crippen LogP contribution in [0.5, 0.6) is 0 Å². The zero-order chi connectivity index (χ0) is 18.5. The highest BCUT2D eigenvalue weighted by molar-refractivity contribution is 7.85. The Morgan fingerprint density at radius 3 is 1.62 bits per heavy atom. The van der Waals surface area contributed by atoms with Gasteiger partial charge in [-0.05, 0) is 12.1 Å². The van der Waals surface area contributed by atoms with Gasteiger partial charge in [-0.3, -0.25) is 14.1 Å². The number of benzene rings is 2. The Hall–Kier alpha value is -3.23. The number of hydrogen-bond acceptors (Lipinski definition) is 6. The van der Waals surface area contributed by atoms with Crippen molar-refractivity contribution in [2.24, 2.45) is 0 Å². The van der Waals surface area contributed by atoms with E-state index in [4.69, 9.17) is 4.55 Å². The van der Waals surface area contributed by atoms with E-state index in [1.165, 1.54) is 24.3 Å². The molecule has 2 heterocycles. The van der Waals surface area contributed by atoms with Gasteiger partial charge in [0, 0.05) is 11.1 Å². The van der Waals surface area contributed by atoms with Crippen LogP contribution in [0.15, 0.2) is 69.1 Å². The Morgan fingerprint density at radius 2 is 1.15 bits per heavy atom. The summed E-state index contributed by atoms with van der Waals surface area (Å²) >= 11 is 0. The molecule has 0 amide bonds. The van der Waals surface area contributed by atoms with Gasteiger partial charge in [0.25, 0.3) is 21.2 Å². The maximum Gasteiger partial charge on any atom is 0.294 e. The Morgan fingerprint density at radius 1 is 0.692 bits per heavy atom. The van der Waals surface area contributed by atoms with E-state index in [1.807, 2.05) is 6.07 Å². The van der Waals surface area contributed by atoms with Gasteiger partial charge < -0.3 is 0 Å². The summed E-state index contributed by atoms with van der Waals surface area (Å²) in [5.41, 5.74) is 0.311. The summed E-state index contributed by atoms with van der Waals surface area (Å²) in [5.74, 6) is 0. The highest BCUT2D eigenvalue weighted by atomic mass is 32.2.